The number of hydrogen-bond acceptors (Lipinski definition) is 4. The normalized spacial score (nSPS) is 11.9. The summed E-state index contributed by atoms with van der Waals surface area (Å²) in [6, 6.07) is 65.9. The van der Waals surface area contributed by atoms with Crippen molar-refractivity contribution in [3.63, 3.8) is 0 Å². The molecule has 3 heterocycles. The van der Waals surface area contributed by atoms with E-state index < -0.39 is 0 Å². The van der Waals surface area contributed by atoms with E-state index in [2.05, 4.69) is 185 Å². The smallest absolute Gasteiger partial charge is 0.145 e. The second kappa shape index (κ2) is 11.9. The predicted molar refractivity (Wildman–Crippen MR) is 231 cm³/mol. The Morgan fingerprint density at radius 1 is 0.411 bits per heavy atom. The van der Waals surface area contributed by atoms with Gasteiger partial charge in [0.05, 0.1) is 11.0 Å². The van der Waals surface area contributed by atoms with Gasteiger partial charge in [0.2, 0.25) is 0 Å². The Labute approximate surface area is 320 Å². The van der Waals surface area contributed by atoms with Crippen molar-refractivity contribution in [2.24, 2.45) is 0 Å². The van der Waals surface area contributed by atoms with E-state index in [-0.39, 0.29) is 0 Å². The van der Waals surface area contributed by atoms with E-state index in [0.29, 0.717) is 0 Å². The number of furan rings is 2. The Morgan fingerprint density at radius 2 is 0.929 bits per heavy atom. The molecule has 0 aliphatic rings. The van der Waals surface area contributed by atoms with Crippen molar-refractivity contribution in [2.75, 3.05) is 4.90 Å². The van der Waals surface area contributed by atoms with Gasteiger partial charge < -0.3 is 13.7 Å². The Hall–Kier alpha value is -7.63. The van der Waals surface area contributed by atoms with Crippen molar-refractivity contribution in [3.8, 4) is 17.1 Å². The monoisotopic (exact) mass is 717 g/mol. The number of para-hydroxylation sites is 3. The fraction of sp³-hybridized carbons (Fsp3) is 0. The van der Waals surface area contributed by atoms with Gasteiger partial charge in [-0.05, 0) is 95.7 Å². The fourth-order valence-corrected chi connectivity index (χ4v) is 8.53. The van der Waals surface area contributed by atoms with Gasteiger partial charge in [-0.25, -0.2) is 4.98 Å². The van der Waals surface area contributed by atoms with Gasteiger partial charge in [0, 0.05) is 72.8 Å². The van der Waals surface area contributed by atoms with E-state index >= 15 is 0 Å². The minimum Gasteiger partial charge on any atom is -0.455 e. The van der Waals surface area contributed by atoms with Gasteiger partial charge in [-0.3, -0.25) is 4.57 Å². The van der Waals surface area contributed by atoms with E-state index in [1.165, 1.54) is 0 Å². The topological polar surface area (TPSA) is 47.3 Å². The maximum atomic E-state index is 6.68. The number of rotatable bonds is 5. The molecule has 0 bridgehead atoms. The van der Waals surface area contributed by atoms with E-state index in [4.69, 9.17) is 13.8 Å². The van der Waals surface area contributed by atoms with Crippen LogP contribution in [0.25, 0.3) is 93.5 Å². The van der Waals surface area contributed by atoms with Crippen LogP contribution in [-0.4, -0.2) is 9.55 Å². The molecule has 5 heteroatoms. The molecule has 12 rings (SSSR count). The van der Waals surface area contributed by atoms with Crippen molar-refractivity contribution in [3.05, 3.63) is 188 Å². The maximum Gasteiger partial charge on any atom is 0.145 e. The van der Waals surface area contributed by atoms with Crippen LogP contribution in [0.4, 0.5) is 17.1 Å². The third kappa shape index (κ3) is 4.64. The first-order chi connectivity index (χ1) is 27.7. The van der Waals surface area contributed by atoms with Crippen LogP contribution < -0.4 is 4.90 Å². The van der Waals surface area contributed by atoms with Gasteiger partial charge in [-0.15, -0.1) is 0 Å². The second-order valence-corrected chi connectivity index (χ2v) is 14.4. The Balaban J connectivity index is 1.04. The van der Waals surface area contributed by atoms with Crippen LogP contribution in [0.3, 0.4) is 0 Å². The quantitative estimate of drug-likeness (QED) is 0.178. The molecule has 0 aliphatic heterocycles. The van der Waals surface area contributed by atoms with Gasteiger partial charge >= 0.3 is 0 Å². The third-order valence-electron chi connectivity index (χ3n) is 11.2. The number of aromatic nitrogens is 2. The van der Waals surface area contributed by atoms with Crippen molar-refractivity contribution in [1.82, 2.24) is 9.55 Å². The first kappa shape index (κ1) is 30.8. The molecule has 0 radical (unpaired) electrons. The summed E-state index contributed by atoms with van der Waals surface area (Å²) in [5.74, 6) is 0.891. The number of fused-ring (bicyclic) bond motifs is 11. The van der Waals surface area contributed by atoms with E-state index in [0.717, 1.165) is 111 Å². The molecular weight excluding hydrogens is 687 g/mol. The summed E-state index contributed by atoms with van der Waals surface area (Å²) in [4.78, 5) is 7.40. The Bertz CT molecular complexity index is 3330. The molecule has 0 aliphatic carbocycles. The molecule has 0 saturated carbocycles. The summed E-state index contributed by atoms with van der Waals surface area (Å²) in [5.41, 5.74) is 10.6. The molecule has 0 fully saturated rings. The Kier molecular flexibility index (Phi) is 6.56. The minimum absolute atomic E-state index is 0.836. The molecule has 0 unspecified atom stereocenters. The molecule has 0 atom stereocenters. The highest BCUT2D eigenvalue weighted by Gasteiger charge is 2.20. The first-order valence-electron chi connectivity index (χ1n) is 18.9. The maximum absolute atomic E-state index is 6.68. The standard InChI is InChI=1S/C51H31N3O2/c1-2-12-35(13-3-1)54-46-17-9-8-16-45(46)52-51(54)34-18-22-36(23-19-34)53(37-24-28-41-43-26-20-32-10-4-6-14-39(32)49(43)55-47(41)30-37)38-25-29-42-44-27-21-33-11-5-7-15-40(33)50(44)56-48(42)31-38/h1-31H. The average Bonchev–Trinajstić information content (AvgIpc) is 3.96. The van der Waals surface area contributed by atoms with Crippen LogP contribution in [-0.2, 0) is 0 Å². The zero-order chi connectivity index (χ0) is 36.7. The molecule has 5 nitrogen and oxygen atoms in total. The molecule has 262 valence electrons. The van der Waals surface area contributed by atoms with Crippen LogP contribution in [0, 0.1) is 0 Å². The highest BCUT2D eigenvalue weighted by atomic mass is 16.3. The fourth-order valence-electron chi connectivity index (χ4n) is 8.53. The zero-order valence-electron chi connectivity index (χ0n) is 30.1. The summed E-state index contributed by atoms with van der Waals surface area (Å²) in [7, 11) is 0. The summed E-state index contributed by atoms with van der Waals surface area (Å²) in [6.07, 6.45) is 0. The van der Waals surface area contributed by atoms with Gasteiger partial charge in [-0.2, -0.15) is 0 Å². The molecule has 12 aromatic rings. The number of anilines is 3. The van der Waals surface area contributed by atoms with Gasteiger partial charge in [0.1, 0.15) is 28.2 Å². The van der Waals surface area contributed by atoms with Crippen molar-refractivity contribution in [1.29, 1.82) is 0 Å². The highest BCUT2D eigenvalue weighted by Crippen LogP contribution is 2.43. The summed E-state index contributed by atoms with van der Waals surface area (Å²) >= 11 is 0. The highest BCUT2D eigenvalue weighted by molar-refractivity contribution is 6.17. The van der Waals surface area contributed by atoms with Gasteiger partial charge in [0.25, 0.3) is 0 Å². The first-order valence-corrected chi connectivity index (χ1v) is 18.9. The molecule has 0 spiro atoms. The molecule has 56 heavy (non-hydrogen) atoms. The van der Waals surface area contributed by atoms with Gasteiger partial charge in [-0.1, -0.05) is 91.0 Å². The number of benzene rings is 9. The van der Waals surface area contributed by atoms with Crippen molar-refractivity contribution < 1.29 is 8.83 Å². The van der Waals surface area contributed by atoms with Crippen molar-refractivity contribution >= 4 is 93.5 Å². The molecule has 0 amide bonds. The number of nitrogens with zero attached hydrogens (tertiary/aromatic N) is 3. The second-order valence-electron chi connectivity index (χ2n) is 14.4. The molecule has 9 aromatic carbocycles. The molecular formula is C51H31N3O2. The van der Waals surface area contributed by atoms with Gasteiger partial charge in [0.15, 0.2) is 0 Å². The summed E-state index contributed by atoms with van der Waals surface area (Å²) in [5, 5.41) is 8.94. The number of imidazole rings is 1. The summed E-state index contributed by atoms with van der Waals surface area (Å²) < 4.78 is 15.6. The molecule has 3 aromatic heterocycles. The van der Waals surface area contributed by atoms with E-state index in [1.54, 1.807) is 0 Å². The lowest BCUT2D eigenvalue weighted by Crippen LogP contribution is -2.09. The molecule has 0 N–H and O–H groups in total. The van der Waals surface area contributed by atoms with Crippen LogP contribution in [0.5, 0.6) is 0 Å². The average molecular weight is 718 g/mol. The Morgan fingerprint density at radius 3 is 1.55 bits per heavy atom. The third-order valence-corrected chi connectivity index (χ3v) is 11.2. The lowest BCUT2D eigenvalue weighted by atomic mass is 10.0. The van der Waals surface area contributed by atoms with Crippen LogP contribution >= 0.6 is 0 Å². The van der Waals surface area contributed by atoms with Crippen LogP contribution in [0.1, 0.15) is 0 Å². The van der Waals surface area contributed by atoms with Crippen molar-refractivity contribution in [2.45, 2.75) is 0 Å². The lowest BCUT2D eigenvalue weighted by Gasteiger charge is -2.25. The van der Waals surface area contributed by atoms with Crippen LogP contribution in [0.15, 0.2) is 197 Å². The largest absolute Gasteiger partial charge is 0.455 e. The predicted octanol–water partition coefficient (Wildman–Crippen LogP) is 14.3. The minimum atomic E-state index is 0.836. The number of hydrogen-bond donors (Lipinski definition) is 0. The zero-order valence-corrected chi connectivity index (χ0v) is 30.1. The molecule has 0 saturated heterocycles. The lowest BCUT2D eigenvalue weighted by molar-refractivity contribution is 0.672. The summed E-state index contributed by atoms with van der Waals surface area (Å²) in [6.45, 7) is 0. The van der Waals surface area contributed by atoms with E-state index in [1.807, 2.05) is 12.1 Å². The SMILES string of the molecule is c1ccc(-n2c(-c3ccc(N(c4ccc5c(c4)oc4c6ccccc6ccc54)c4ccc5c(c4)oc4c6ccccc6ccc54)cc3)nc3ccccc32)cc1. The van der Waals surface area contributed by atoms with E-state index in [9.17, 15) is 0 Å². The van der Waals surface area contributed by atoms with Crippen LogP contribution in [0.2, 0.25) is 0 Å².